The van der Waals surface area contributed by atoms with Gasteiger partial charge in [-0.15, -0.1) is 0 Å². The molecule has 0 bridgehead atoms. The van der Waals surface area contributed by atoms with Gasteiger partial charge in [-0.3, -0.25) is 0 Å². The van der Waals surface area contributed by atoms with Crippen LogP contribution in [0.1, 0.15) is 82.2 Å². The van der Waals surface area contributed by atoms with E-state index in [0.717, 1.165) is 33.4 Å². The number of hydrogen-bond acceptors (Lipinski definition) is 0. The molecule has 0 spiro atoms. The average molecular weight is 821 g/mol. The zero-order chi connectivity index (χ0) is 35.3. The van der Waals surface area contributed by atoms with Gasteiger partial charge < -0.3 is 24.8 Å². The average Bonchev–Trinajstić information content (AvgIpc) is 3.52. The molecule has 3 aliphatic rings. The first-order chi connectivity index (χ1) is 22.8. The van der Waals surface area contributed by atoms with E-state index in [4.69, 9.17) is 0 Å². The standard InChI is InChI=1S/2C20H18F3.C2H4.2ClH.Zr/c2*1-19(2,3)16-11-14-5-4-6-17(18(14)12-16)13-7-9-15(10-8-13)20(21,22)23;1-2;;;/h2*4-12H,1-3H3;1-2H2;2*1H;/q;;;;;+2/p-2. The summed E-state index contributed by atoms with van der Waals surface area (Å²) < 4.78 is 83.5. The maximum absolute atomic E-state index is 13.4. The number of fused-ring (bicyclic) bond motifs is 2. The van der Waals surface area contributed by atoms with E-state index in [2.05, 4.69) is 78.0 Å². The van der Waals surface area contributed by atoms with Crippen LogP contribution in [0.5, 0.6) is 0 Å². The Balaban J connectivity index is 0.00000252. The van der Waals surface area contributed by atoms with Crippen LogP contribution in [0.25, 0.3) is 34.4 Å². The van der Waals surface area contributed by atoms with Gasteiger partial charge in [-0.1, -0.05) is 0 Å². The van der Waals surface area contributed by atoms with Gasteiger partial charge in [0, 0.05) is 0 Å². The number of alkyl halides is 6. The van der Waals surface area contributed by atoms with Gasteiger partial charge in [-0.2, -0.15) is 0 Å². The van der Waals surface area contributed by atoms with Crippen molar-refractivity contribution in [2.75, 3.05) is 0 Å². The van der Waals surface area contributed by atoms with Crippen molar-refractivity contribution in [1.29, 1.82) is 0 Å². The first-order valence-electron chi connectivity index (χ1n) is 16.9. The molecule has 0 nitrogen and oxygen atoms in total. The van der Waals surface area contributed by atoms with E-state index >= 15 is 0 Å². The van der Waals surface area contributed by atoms with E-state index in [-0.39, 0.29) is 35.6 Å². The van der Waals surface area contributed by atoms with Crippen LogP contribution in [0.15, 0.2) is 96.1 Å². The molecule has 4 aromatic carbocycles. The third-order valence-corrected chi connectivity index (χ3v) is 23.7. The molecular formula is C42H40Cl2F6Zr. The van der Waals surface area contributed by atoms with Crippen molar-refractivity contribution < 1.29 is 71.4 Å². The van der Waals surface area contributed by atoms with Crippen molar-refractivity contribution in [2.24, 2.45) is 10.8 Å². The molecule has 0 amide bonds. The molecule has 2 atom stereocenters. The maximum atomic E-state index is 13.4. The molecule has 7 rings (SSSR count). The molecule has 1 aliphatic heterocycles. The Morgan fingerprint density at radius 1 is 0.490 bits per heavy atom. The number of allylic oxidation sites excluding steroid dienone is 2. The minimum atomic E-state index is -4.39. The Morgan fingerprint density at radius 3 is 1.10 bits per heavy atom. The maximum Gasteiger partial charge on any atom is -1.00 e. The summed E-state index contributed by atoms with van der Waals surface area (Å²) in [6.45, 7) is 13.6. The molecule has 268 valence electrons. The third kappa shape index (κ3) is 6.97. The van der Waals surface area contributed by atoms with E-state index < -0.39 is 43.7 Å². The molecule has 2 unspecified atom stereocenters. The van der Waals surface area contributed by atoms with Crippen molar-refractivity contribution >= 4 is 12.2 Å². The summed E-state index contributed by atoms with van der Waals surface area (Å²) >= 11 is -3.24. The molecule has 1 fully saturated rings. The molecule has 0 saturated carbocycles. The Kier molecular flexibility index (Phi) is 10.4. The first kappa shape index (κ1) is 39.6. The SMILES string of the molecule is CC(C)(C)C1=Cc2c(-c3ccc(C(F)(F)F)cc3)cccc2[CH]1[Zr+2]1([CH]2C(C(C)(C)C)=Cc3c(-c4ccc(C(F)(F)F)cc4)cccc32)[CH2][CH2]1.[Cl-].[Cl-]. The molecule has 4 aromatic rings. The minimum absolute atomic E-state index is 0. The number of hydrogen-bond donors (Lipinski definition) is 0. The fourth-order valence-corrected chi connectivity index (χ4v) is 26.8. The van der Waals surface area contributed by atoms with Crippen LogP contribution >= 0.6 is 0 Å². The Morgan fingerprint density at radius 2 is 0.824 bits per heavy atom. The summed E-state index contributed by atoms with van der Waals surface area (Å²) in [7, 11) is 0. The molecule has 1 saturated heterocycles. The van der Waals surface area contributed by atoms with Gasteiger partial charge in [-0.05, 0) is 0 Å². The minimum Gasteiger partial charge on any atom is -1.00 e. The summed E-state index contributed by atoms with van der Waals surface area (Å²) in [4.78, 5) is 0. The monoisotopic (exact) mass is 818 g/mol. The molecule has 0 N–H and O–H groups in total. The van der Waals surface area contributed by atoms with Crippen LogP contribution in [0, 0.1) is 10.8 Å². The van der Waals surface area contributed by atoms with E-state index in [9.17, 15) is 26.3 Å². The van der Waals surface area contributed by atoms with Crippen molar-refractivity contribution in [2.45, 2.75) is 69.4 Å². The van der Waals surface area contributed by atoms with Gasteiger partial charge in [0.05, 0.1) is 0 Å². The Bertz CT molecular complexity index is 1860. The summed E-state index contributed by atoms with van der Waals surface area (Å²) in [5.74, 6) is 0. The van der Waals surface area contributed by atoms with Gasteiger partial charge in [0.15, 0.2) is 0 Å². The van der Waals surface area contributed by atoms with Crippen LogP contribution in [0.4, 0.5) is 26.3 Å². The third-order valence-electron chi connectivity index (χ3n) is 10.9. The van der Waals surface area contributed by atoms with E-state index in [1.807, 2.05) is 12.1 Å². The second-order valence-corrected chi connectivity index (χ2v) is 27.4. The topological polar surface area (TPSA) is 0 Å². The predicted octanol–water partition coefficient (Wildman–Crippen LogP) is 7.74. The normalized spacial score (nSPS) is 18.7. The quantitative estimate of drug-likeness (QED) is 0.185. The van der Waals surface area contributed by atoms with E-state index in [1.165, 1.54) is 54.8 Å². The Labute approximate surface area is 313 Å². The summed E-state index contributed by atoms with van der Waals surface area (Å²) in [6.07, 6.45) is -4.09. The van der Waals surface area contributed by atoms with Crippen LogP contribution < -0.4 is 24.8 Å². The zero-order valence-corrected chi connectivity index (χ0v) is 33.3. The molecule has 1 heterocycles. The number of rotatable bonds is 4. The van der Waals surface area contributed by atoms with Crippen molar-refractivity contribution in [1.82, 2.24) is 0 Å². The zero-order valence-electron chi connectivity index (χ0n) is 29.3. The van der Waals surface area contributed by atoms with Crippen LogP contribution in [0.2, 0.25) is 8.26 Å². The number of halogens is 8. The number of benzene rings is 4. The smallest absolute Gasteiger partial charge is 1.00 e. The second kappa shape index (κ2) is 13.4. The molecule has 9 heteroatoms. The van der Waals surface area contributed by atoms with Crippen molar-refractivity contribution in [3.05, 3.63) is 129 Å². The van der Waals surface area contributed by atoms with Gasteiger partial charge in [0.1, 0.15) is 0 Å². The predicted molar refractivity (Wildman–Crippen MR) is 184 cm³/mol. The Hall–Kier alpha value is -2.60. The van der Waals surface area contributed by atoms with Crippen LogP contribution in [-0.2, 0) is 32.6 Å². The molecule has 0 radical (unpaired) electrons. The van der Waals surface area contributed by atoms with Crippen molar-refractivity contribution in [3.8, 4) is 22.3 Å². The van der Waals surface area contributed by atoms with Gasteiger partial charge in [0.25, 0.3) is 0 Å². The molecule has 2 aliphatic carbocycles. The summed E-state index contributed by atoms with van der Waals surface area (Å²) in [5, 5.41) is 0. The fourth-order valence-electron chi connectivity index (χ4n) is 8.41. The summed E-state index contributed by atoms with van der Waals surface area (Å²) in [6, 6.07) is 23.7. The molecular weight excluding hydrogens is 781 g/mol. The van der Waals surface area contributed by atoms with E-state index in [1.54, 1.807) is 24.3 Å². The molecule has 51 heavy (non-hydrogen) atoms. The van der Waals surface area contributed by atoms with Crippen LogP contribution in [0.3, 0.4) is 0 Å². The van der Waals surface area contributed by atoms with Gasteiger partial charge >= 0.3 is 291 Å². The summed E-state index contributed by atoms with van der Waals surface area (Å²) in [5.41, 5.74) is 9.59. The fraction of sp³-hybridized carbons (Fsp3) is 0.333. The second-order valence-electron chi connectivity index (χ2n) is 16.1. The largest absolute Gasteiger partial charge is 1.00 e. The van der Waals surface area contributed by atoms with Crippen molar-refractivity contribution in [3.63, 3.8) is 0 Å². The first-order valence-corrected chi connectivity index (χ1v) is 23.2. The van der Waals surface area contributed by atoms with E-state index in [0.29, 0.717) is 7.25 Å². The van der Waals surface area contributed by atoms with Gasteiger partial charge in [-0.25, -0.2) is 0 Å². The van der Waals surface area contributed by atoms with Gasteiger partial charge in [0.2, 0.25) is 0 Å². The van der Waals surface area contributed by atoms with Crippen LogP contribution in [-0.4, -0.2) is 0 Å². The molecule has 0 aromatic heterocycles.